The lowest BCUT2D eigenvalue weighted by atomic mass is 10.1. The number of methoxy groups -OCH3 is 1. The second kappa shape index (κ2) is 10.2. The predicted octanol–water partition coefficient (Wildman–Crippen LogP) is 2.28. The minimum Gasteiger partial charge on any atom is -0.490 e. The number of carbonyl (C=O) groups excluding carboxylic acids is 2. The van der Waals surface area contributed by atoms with Crippen LogP contribution in [-0.2, 0) is 16.1 Å². The number of nitro benzene ring substituents is 1. The molecule has 0 aliphatic carbocycles. The van der Waals surface area contributed by atoms with Gasteiger partial charge >= 0.3 is 5.69 Å². The molecular weight excluding hydrogens is 397 g/mol. The molecule has 1 N–H and O–H groups in total. The Kier molecular flexibility index (Phi) is 7.68. The molecule has 2 aromatic rings. The SMILES string of the molecule is CNC(=O)[C@H](C)N(Cc1ccccc1F)C(=O)COc1ccc([N+](=O)[O-])c(OC)c1. The van der Waals surface area contributed by atoms with Gasteiger partial charge in [0.2, 0.25) is 11.7 Å². The van der Waals surface area contributed by atoms with Gasteiger partial charge in [0.25, 0.3) is 5.91 Å². The van der Waals surface area contributed by atoms with Crippen LogP contribution in [-0.4, -0.2) is 48.4 Å². The largest absolute Gasteiger partial charge is 0.490 e. The van der Waals surface area contributed by atoms with Crippen molar-refractivity contribution in [3.8, 4) is 11.5 Å². The molecule has 9 nitrogen and oxygen atoms in total. The van der Waals surface area contributed by atoms with E-state index in [2.05, 4.69) is 5.32 Å². The molecule has 2 aromatic carbocycles. The van der Waals surface area contributed by atoms with Gasteiger partial charge in [-0.25, -0.2) is 4.39 Å². The van der Waals surface area contributed by atoms with Gasteiger partial charge in [-0.05, 0) is 19.1 Å². The first-order valence-electron chi connectivity index (χ1n) is 8.98. The summed E-state index contributed by atoms with van der Waals surface area (Å²) in [4.78, 5) is 36.4. The maximum Gasteiger partial charge on any atom is 0.311 e. The summed E-state index contributed by atoms with van der Waals surface area (Å²) in [6.45, 7) is 0.927. The van der Waals surface area contributed by atoms with Crippen LogP contribution < -0.4 is 14.8 Å². The summed E-state index contributed by atoms with van der Waals surface area (Å²) < 4.78 is 24.5. The molecule has 0 spiro atoms. The summed E-state index contributed by atoms with van der Waals surface area (Å²) in [6.07, 6.45) is 0. The molecule has 0 saturated carbocycles. The van der Waals surface area contributed by atoms with Crippen LogP contribution in [0.25, 0.3) is 0 Å². The van der Waals surface area contributed by atoms with Crippen molar-refractivity contribution < 1.29 is 28.4 Å². The van der Waals surface area contributed by atoms with Gasteiger partial charge in [-0.15, -0.1) is 0 Å². The summed E-state index contributed by atoms with van der Waals surface area (Å²) in [7, 11) is 2.71. The molecule has 1 atom stereocenters. The van der Waals surface area contributed by atoms with Gasteiger partial charge < -0.3 is 19.7 Å². The van der Waals surface area contributed by atoms with Crippen LogP contribution in [0.5, 0.6) is 11.5 Å². The number of hydrogen-bond acceptors (Lipinski definition) is 6. The van der Waals surface area contributed by atoms with E-state index in [1.165, 1.54) is 62.4 Å². The highest BCUT2D eigenvalue weighted by Gasteiger charge is 2.27. The number of likely N-dealkylation sites (N-methyl/N-ethyl adjacent to an activating group) is 1. The maximum absolute atomic E-state index is 14.1. The minimum atomic E-state index is -0.878. The van der Waals surface area contributed by atoms with Crippen molar-refractivity contribution >= 4 is 17.5 Å². The molecule has 0 radical (unpaired) electrons. The van der Waals surface area contributed by atoms with Crippen molar-refractivity contribution in [2.24, 2.45) is 0 Å². The van der Waals surface area contributed by atoms with Crippen LogP contribution >= 0.6 is 0 Å². The lowest BCUT2D eigenvalue weighted by Gasteiger charge is -2.28. The number of amides is 2. The van der Waals surface area contributed by atoms with E-state index in [0.717, 1.165) is 0 Å². The number of halogens is 1. The smallest absolute Gasteiger partial charge is 0.311 e. The Labute approximate surface area is 172 Å². The maximum atomic E-state index is 14.1. The molecule has 0 heterocycles. The first kappa shape index (κ1) is 22.6. The summed E-state index contributed by atoms with van der Waals surface area (Å²) in [6, 6.07) is 8.88. The second-order valence-electron chi connectivity index (χ2n) is 6.28. The van der Waals surface area contributed by atoms with Gasteiger partial charge in [0, 0.05) is 31.3 Å². The molecule has 0 aliphatic heterocycles. The number of nitrogens with zero attached hydrogens (tertiary/aromatic N) is 2. The van der Waals surface area contributed by atoms with E-state index in [0.29, 0.717) is 0 Å². The van der Waals surface area contributed by atoms with E-state index in [1.54, 1.807) is 6.07 Å². The van der Waals surface area contributed by atoms with Gasteiger partial charge in [-0.3, -0.25) is 19.7 Å². The van der Waals surface area contributed by atoms with Crippen molar-refractivity contribution in [2.45, 2.75) is 19.5 Å². The zero-order valence-corrected chi connectivity index (χ0v) is 16.8. The van der Waals surface area contributed by atoms with Crippen molar-refractivity contribution in [1.29, 1.82) is 0 Å². The number of carbonyl (C=O) groups is 2. The molecule has 0 aliphatic rings. The van der Waals surface area contributed by atoms with E-state index in [4.69, 9.17) is 9.47 Å². The zero-order valence-electron chi connectivity index (χ0n) is 16.8. The Bertz CT molecular complexity index is 937. The molecule has 0 bridgehead atoms. The standard InChI is InChI=1S/C20H22FN3O6/c1-13(20(26)22-2)23(11-14-6-4-5-7-16(14)21)19(25)12-30-15-8-9-17(24(27)28)18(10-15)29-3/h4-10,13H,11-12H2,1-3H3,(H,22,26)/t13-/m0/s1. The molecule has 0 saturated heterocycles. The third-order valence-corrected chi connectivity index (χ3v) is 4.42. The van der Waals surface area contributed by atoms with Crippen LogP contribution in [0.2, 0.25) is 0 Å². The first-order chi connectivity index (χ1) is 14.3. The van der Waals surface area contributed by atoms with Crippen LogP contribution in [0, 0.1) is 15.9 Å². The number of nitrogens with one attached hydrogen (secondary N) is 1. The quantitative estimate of drug-likeness (QED) is 0.493. The monoisotopic (exact) mass is 419 g/mol. The summed E-state index contributed by atoms with van der Waals surface area (Å²) in [5, 5.41) is 13.4. The fourth-order valence-electron chi connectivity index (χ4n) is 2.73. The van der Waals surface area contributed by atoms with Gasteiger partial charge in [0.05, 0.1) is 12.0 Å². The number of rotatable bonds is 9. The molecule has 160 valence electrons. The van der Waals surface area contributed by atoms with Crippen molar-refractivity contribution in [1.82, 2.24) is 10.2 Å². The Morgan fingerprint density at radius 3 is 2.57 bits per heavy atom. The number of ether oxygens (including phenoxy) is 2. The van der Waals surface area contributed by atoms with Gasteiger partial charge in [-0.2, -0.15) is 0 Å². The first-order valence-corrected chi connectivity index (χ1v) is 8.98. The third-order valence-electron chi connectivity index (χ3n) is 4.42. The second-order valence-corrected chi connectivity index (χ2v) is 6.28. The summed E-state index contributed by atoms with van der Waals surface area (Å²) in [5.74, 6) is -1.33. The molecule has 10 heteroatoms. The van der Waals surface area contributed by atoms with Crippen LogP contribution in [0.3, 0.4) is 0 Å². The molecule has 0 unspecified atom stereocenters. The lowest BCUT2D eigenvalue weighted by molar-refractivity contribution is -0.385. The van der Waals surface area contributed by atoms with E-state index in [-0.39, 0.29) is 29.3 Å². The molecule has 0 fully saturated rings. The molecule has 30 heavy (non-hydrogen) atoms. The summed E-state index contributed by atoms with van der Waals surface area (Å²) in [5.41, 5.74) is 0.00389. The average Bonchev–Trinajstić information content (AvgIpc) is 2.75. The zero-order chi connectivity index (χ0) is 22.3. The fraction of sp³-hybridized carbons (Fsp3) is 0.300. The number of hydrogen-bond donors (Lipinski definition) is 1. The minimum absolute atomic E-state index is 0.0214. The van der Waals surface area contributed by atoms with E-state index >= 15 is 0 Å². The van der Waals surface area contributed by atoms with Crippen molar-refractivity contribution in [3.05, 3.63) is 64.0 Å². The molecule has 2 rings (SSSR count). The van der Waals surface area contributed by atoms with E-state index in [1.807, 2.05) is 0 Å². The Hall–Kier alpha value is -3.69. The number of benzene rings is 2. The molecule has 0 aromatic heterocycles. The van der Waals surface area contributed by atoms with Crippen molar-refractivity contribution in [2.75, 3.05) is 20.8 Å². The van der Waals surface area contributed by atoms with Crippen molar-refractivity contribution in [3.63, 3.8) is 0 Å². The van der Waals surface area contributed by atoms with E-state index < -0.39 is 35.2 Å². The van der Waals surface area contributed by atoms with Gasteiger partial charge in [-0.1, -0.05) is 18.2 Å². The Morgan fingerprint density at radius 2 is 1.97 bits per heavy atom. The van der Waals surface area contributed by atoms with Crippen LogP contribution in [0.4, 0.5) is 10.1 Å². The third kappa shape index (κ3) is 5.43. The summed E-state index contributed by atoms with van der Waals surface area (Å²) >= 11 is 0. The van der Waals surface area contributed by atoms with Crippen LogP contribution in [0.15, 0.2) is 42.5 Å². The molecule has 2 amide bonds. The lowest BCUT2D eigenvalue weighted by Crippen LogP contribution is -2.48. The fourth-order valence-corrected chi connectivity index (χ4v) is 2.73. The normalized spacial score (nSPS) is 11.3. The highest BCUT2D eigenvalue weighted by atomic mass is 19.1. The van der Waals surface area contributed by atoms with Gasteiger partial charge in [0.15, 0.2) is 6.61 Å². The predicted molar refractivity (Wildman–Crippen MR) is 106 cm³/mol. The highest BCUT2D eigenvalue weighted by molar-refractivity contribution is 5.87. The highest BCUT2D eigenvalue weighted by Crippen LogP contribution is 2.30. The van der Waals surface area contributed by atoms with E-state index in [9.17, 15) is 24.1 Å². The average molecular weight is 419 g/mol. The Morgan fingerprint density at radius 1 is 1.27 bits per heavy atom. The topological polar surface area (TPSA) is 111 Å². The van der Waals surface area contributed by atoms with Gasteiger partial charge in [0.1, 0.15) is 17.6 Å². The number of nitro groups is 1. The Balaban J connectivity index is 2.19. The molecular formula is C20H22FN3O6. The van der Waals surface area contributed by atoms with Crippen LogP contribution in [0.1, 0.15) is 12.5 Å².